The molecular formula is C31H34F5N7O3. The molecule has 0 unspecified atom stereocenters. The normalized spacial score (nSPS) is 29.0. The molecule has 3 aromatic rings. The van der Waals surface area contributed by atoms with Crippen molar-refractivity contribution in [3.63, 3.8) is 0 Å². The molecule has 0 saturated carbocycles. The van der Waals surface area contributed by atoms with Gasteiger partial charge in [-0.15, -0.1) is 0 Å². The number of benzene rings is 1. The number of nitrogens with two attached hydrogens (primary N) is 1. The van der Waals surface area contributed by atoms with E-state index in [0.717, 1.165) is 45.2 Å². The molecule has 4 saturated heterocycles. The first kappa shape index (κ1) is 29.8. The highest BCUT2D eigenvalue weighted by molar-refractivity contribution is 5.97. The van der Waals surface area contributed by atoms with Crippen LogP contribution >= 0.6 is 0 Å². The first-order chi connectivity index (χ1) is 22.0. The van der Waals surface area contributed by atoms with Crippen LogP contribution in [0.2, 0.25) is 0 Å². The van der Waals surface area contributed by atoms with Gasteiger partial charge in [0.2, 0.25) is 5.88 Å². The lowest BCUT2D eigenvalue weighted by atomic mass is 9.96. The number of nitrogens with zero attached hydrogens (tertiary/aromatic N) is 5. The van der Waals surface area contributed by atoms with Crippen LogP contribution in [0.15, 0.2) is 6.07 Å². The fourth-order valence-corrected chi connectivity index (χ4v) is 8.23. The van der Waals surface area contributed by atoms with Gasteiger partial charge in [-0.05, 0) is 51.2 Å². The summed E-state index contributed by atoms with van der Waals surface area (Å²) in [6.45, 7) is 5.79. The average molecular weight is 648 g/mol. The lowest BCUT2D eigenvalue weighted by Crippen LogP contribution is -2.62. The summed E-state index contributed by atoms with van der Waals surface area (Å²) < 4.78 is 93.6. The third kappa shape index (κ3) is 4.64. The minimum Gasteiger partial charge on any atom is -0.472 e. The zero-order valence-electron chi connectivity index (χ0n) is 25.3. The van der Waals surface area contributed by atoms with Crippen LogP contribution in [0.1, 0.15) is 43.7 Å². The number of aromatic nitrogens is 3. The monoisotopic (exact) mass is 647 g/mol. The number of pyridine rings is 1. The predicted octanol–water partition coefficient (Wildman–Crippen LogP) is 4.21. The molecular weight excluding hydrogens is 613 g/mol. The smallest absolute Gasteiger partial charge is 0.417 e. The van der Waals surface area contributed by atoms with E-state index in [1.807, 2.05) is 6.92 Å². The first-order valence-electron chi connectivity index (χ1n) is 15.7. The molecule has 0 spiro atoms. The van der Waals surface area contributed by atoms with Gasteiger partial charge in [0.25, 0.3) is 0 Å². The van der Waals surface area contributed by atoms with Gasteiger partial charge in [-0.2, -0.15) is 23.1 Å². The summed E-state index contributed by atoms with van der Waals surface area (Å²) in [4.78, 5) is 17.8. The van der Waals surface area contributed by atoms with Crippen LogP contribution in [0.3, 0.4) is 0 Å². The number of hydrogen-bond donors (Lipinski definition) is 2. The molecule has 0 radical (unpaired) electrons. The number of morpholine rings is 1. The zero-order valence-corrected chi connectivity index (χ0v) is 25.3. The summed E-state index contributed by atoms with van der Waals surface area (Å²) in [6, 6.07) is 1.08. The highest BCUT2D eigenvalue weighted by atomic mass is 19.4. The molecule has 0 aliphatic carbocycles. The maximum Gasteiger partial charge on any atom is 0.417 e. The fraction of sp³-hybridized carbons (Fsp3) is 0.581. The van der Waals surface area contributed by atoms with Crippen molar-refractivity contribution in [3.8, 4) is 23.1 Å². The van der Waals surface area contributed by atoms with Crippen molar-refractivity contribution in [2.45, 2.75) is 82.0 Å². The Kier molecular flexibility index (Phi) is 6.96. The molecule has 8 rings (SSSR count). The number of aryl methyl sites for hydroxylation is 1. The average Bonchev–Trinajstić information content (AvgIpc) is 3.57. The lowest BCUT2D eigenvalue weighted by Gasteiger charge is -2.42. The Morgan fingerprint density at radius 2 is 1.93 bits per heavy atom. The van der Waals surface area contributed by atoms with Crippen LogP contribution in [0.25, 0.3) is 22.2 Å². The second-order valence-electron chi connectivity index (χ2n) is 13.0. The molecule has 46 heavy (non-hydrogen) atoms. The third-order valence-corrected chi connectivity index (χ3v) is 10.2. The van der Waals surface area contributed by atoms with E-state index in [4.69, 9.17) is 24.9 Å². The first-order valence-corrected chi connectivity index (χ1v) is 15.7. The van der Waals surface area contributed by atoms with Crippen molar-refractivity contribution in [1.82, 2.24) is 25.2 Å². The number of halogens is 5. The van der Waals surface area contributed by atoms with Gasteiger partial charge in [0.15, 0.2) is 11.6 Å². The molecule has 4 fully saturated rings. The number of piperazine rings is 1. The van der Waals surface area contributed by atoms with Gasteiger partial charge in [0, 0.05) is 37.3 Å². The molecule has 7 heterocycles. The molecule has 0 amide bonds. The van der Waals surface area contributed by atoms with E-state index in [2.05, 4.69) is 25.1 Å². The maximum atomic E-state index is 16.8. The second-order valence-corrected chi connectivity index (χ2v) is 13.0. The standard InChI is InChI=1S/C31H34F5N7O3/c1-13-9-18(37)23(32)20(22(13)31(34,35)36)25-24(33)26-21-28(41-30(40-26)45-12-17-5-4-16-11-44-8-7-42(16)17)43-10-15-3-6-19(38-15)27(43)14(2)46-29(21)39-25/h9,14-17,19,27,38H,3-8,10-12,37H2,1-2H3/t14-,15+,16-,17-,19-,27+/m0/s1. The van der Waals surface area contributed by atoms with E-state index in [1.165, 1.54) is 0 Å². The van der Waals surface area contributed by atoms with Crippen LogP contribution in [-0.2, 0) is 10.9 Å². The van der Waals surface area contributed by atoms with Crippen LogP contribution in [0, 0.1) is 18.6 Å². The van der Waals surface area contributed by atoms with Crippen LogP contribution in [0.4, 0.5) is 33.5 Å². The Labute approximate surface area is 261 Å². The van der Waals surface area contributed by atoms with Gasteiger partial charge in [0.1, 0.15) is 35.1 Å². The summed E-state index contributed by atoms with van der Waals surface area (Å²) in [5.41, 5.74) is 1.13. The molecule has 5 aliphatic heterocycles. The van der Waals surface area contributed by atoms with Gasteiger partial charge >= 0.3 is 12.2 Å². The minimum atomic E-state index is -5.03. The molecule has 246 valence electrons. The minimum absolute atomic E-state index is 0.0318. The Morgan fingerprint density at radius 3 is 2.74 bits per heavy atom. The van der Waals surface area contributed by atoms with Crippen LogP contribution in [-0.4, -0.2) is 89.1 Å². The molecule has 15 heteroatoms. The summed E-state index contributed by atoms with van der Waals surface area (Å²) in [6.07, 6.45) is -1.91. The van der Waals surface area contributed by atoms with Gasteiger partial charge in [-0.25, -0.2) is 13.8 Å². The largest absolute Gasteiger partial charge is 0.472 e. The van der Waals surface area contributed by atoms with Crippen LogP contribution < -0.4 is 25.4 Å². The van der Waals surface area contributed by atoms with E-state index in [0.29, 0.717) is 31.6 Å². The molecule has 2 aromatic heterocycles. The van der Waals surface area contributed by atoms with Gasteiger partial charge < -0.3 is 30.2 Å². The van der Waals surface area contributed by atoms with Crippen LogP contribution in [0.5, 0.6) is 11.9 Å². The lowest BCUT2D eigenvalue weighted by molar-refractivity contribution is -0.137. The topological polar surface area (TPSA) is 111 Å². The fourth-order valence-electron chi connectivity index (χ4n) is 8.23. The Bertz CT molecular complexity index is 1720. The van der Waals surface area contributed by atoms with E-state index in [9.17, 15) is 13.2 Å². The van der Waals surface area contributed by atoms with Crippen molar-refractivity contribution >= 4 is 22.4 Å². The Balaban J connectivity index is 1.31. The highest BCUT2D eigenvalue weighted by Gasteiger charge is 2.48. The van der Waals surface area contributed by atoms with Crippen molar-refractivity contribution in [2.75, 3.05) is 43.5 Å². The number of ether oxygens (including phenoxy) is 3. The number of hydrogen-bond acceptors (Lipinski definition) is 10. The van der Waals surface area contributed by atoms with Gasteiger partial charge in [0.05, 0.1) is 36.1 Å². The number of rotatable bonds is 4. The molecule has 3 N–H and O–H groups in total. The predicted molar refractivity (Wildman–Crippen MR) is 158 cm³/mol. The van der Waals surface area contributed by atoms with Crippen molar-refractivity contribution < 1.29 is 36.2 Å². The highest BCUT2D eigenvalue weighted by Crippen LogP contribution is 2.47. The molecule has 6 atom stereocenters. The molecule has 1 aromatic carbocycles. The molecule has 5 aliphatic rings. The zero-order chi connectivity index (χ0) is 32.1. The number of nitrogens with one attached hydrogen (secondary N) is 1. The second kappa shape index (κ2) is 10.7. The van der Waals surface area contributed by atoms with E-state index >= 15 is 8.78 Å². The SMILES string of the molecule is Cc1cc(N)c(F)c(-c2nc3c4c(nc(OC[C@@H]5CC[C@H]6COCCN65)nc4c2F)N2C[C@H]4CC[C@H](N4)[C@H]2[C@H](C)O3)c1C(F)(F)F. The maximum absolute atomic E-state index is 16.8. The summed E-state index contributed by atoms with van der Waals surface area (Å²) >= 11 is 0. The Morgan fingerprint density at radius 1 is 1.11 bits per heavy atom. The molecule has 10 nitrogen and oxygen atoms in total. The summed E-state index contributed by atoms with van der Waals surface area (Å²) in [7, 11) is 0. The molecule has 2 bridgehead atoms. The number of fused-ring (bicyclic) bond motifs is 6. The van der Waals surface area contributed by atoms with E-state index in [-0.39, 0.29) is 59.1 Å². The number of anilines is 2. The van der Waals surface area contributed by atoms with E-state index < -0.39 is 46.4 Å². The van der Waals surface area contributed by atoms with Crippen molar-refractivity contribution in [2.24, 2.45) is 0 Å². The van der Waals surface area contributed by atoms with Crippen molar-refractivity contribution in [3.05, 3.63) is 28.8 Å². The van der Waals surface area contributed by atoms with Gasteiger partial charge in [-0.1, -0.05) is 0 Å². The Hall–Kier alpha value is -3.56. The summed E-state index contributed by atoms with van der Waals surface area (Å²) in [5.74, 6) is -2.52. The number of nitrogen functional groups attached to an aromatic ring is 1. The van der Waals surface area contributed by atoms with Gasteiger partial charge in [-0.3, -0.25) is 4.90 Å². The quantitative estimate of drug-likeness (QED) is 0.316. The van der Waals surface area contributed by atoms with E-state index in [1.54, 1.807) is 0 Å². The summed E-state index contributed by atoms with van der Waals surface area (Å²) in [5, 5.41) is 3.71. The van der Waals surface area contributed by atoms with Crippen molar-refractivity contribution in [1.29, 1.82) is 0 Å². The number of alkyl halides is 3. The third-order valence-electron chi connectivity index (χ3n) is 10.2.